The van der Waals surface area contributed by atoms with Gasteiger partial charge in [-0.3, -0.25) is 9.29 Å². The number of hydrogen-bond donors (Lipinski definition) is 1. The Bertz CT molecular complexity index is 1960. The van der Waals surface area contributed by atoms with E-state index in [1.165, 1.54) is 22.8 Å². The molecule has 0 spiro atoms. The van der Waals surface area contributed by atoms with Gasteiger partial charge in [0.2, 0.25) is 0 Å². The Labute approximate surface area is 259 Å². The van der Waals surface area contributed by atoms with Gasteiger partial charge in [-0.15, -0.1) is 0 Å². The second-order valence-corrected chi connectivity index (χ2v) is 12.1. The van der Waals surface area contributed by atoms with Crippen LogP contribution >= 0.6 is 0 Å². The van der Waals surface area contributed by atoms with E-state index in [4.69, 9.17) is 0 Å². The number of nitrogens with one attached hydrogen (secondary N) is 1. The SMILES string of the molecule is O=c1n(Cc2ccccc2NS(=O)(=O)c2ccccc2)nc(CCc2cc(C(F)(F)F)cc(C(F)(F)F)c2)n1Cc1ccccc1. The van der Waals surface area contributed by atoms with Gasteiger partial charge in [0.15, 0.2) is 0 Å². The lowest BCUT2D eigenvalue weighted by Gasteiger charge is -2.14. The Kier molecular flexibility index (Phi) is 9.10. The van der Waals surface area contributed by atoms with Crippen molar-refractivity contribution in [3.63, 3.8) is 0 Å². The fourth-order valence-electron chi connectivity index (χ4n) is 4.84. The van der Waals surface area contributed by atoms with E-state index >= 15 is 0 Å². The minimum absolute atomic E-state index is 0.0275. The molecular formula is C32H26F6N4O3S. The van der Waals surface area contributed by atoms with Gasteiger partial charge in [-0.1, -0.05) is 66.7 Å². The number of nitrogens with zero attached hydrogens (tertiary/aromatic N) is 3. The first-order chi connectivity index (χ1) is 21.7. The Morgan fingerprint density at radius 2 is 1.24 bits per heavy atom. The van der Waals surface area contributed by atoms with Crippen LogP contribution in [0, 0.1) is 0 Å². The van der Waals surface area contributed by atoms with Gasteiger partial charge in [-0.05, 0) is 59.5 Å². The zero-order chi connectivity index (χ0) is 33.1. The van der Waals surface area contributed by atoms with E-state index in [2.05, 4.69) is 9.82 Å². The maximum atomic E-state index is 13.6. The molecule has 0 aliphatic heterocycles. The molecule has 0 unspecified atom stereocenters. The highest BCUT2D eigenvalue weighted by Crippen LogP contribution is 2.36. The fourth-order valence-corrected chi connectivity index (χ4v) is 5.96. The molecule has 1 N–H and O–H groups in total. The van der Waals surface area contributed by atoms with Crippen molar-refractivity contribution in [3.8, 4) is 0 Å². The Morgan fingerprint density at radius 1 is 0.674 bits per heavy atom. The van der Waals surface area contributed by atoms with Crippen molar-refractivity contribution in [2.75, 3.05) is 4.72 Å². The van der Waals surface area contributed by atoms with Crippen LogP contribution in [0.5, 0.6) is 0 Å². The summed E-state index contributed by atoms with van der Waals surface area (Å²) in [5, 5.41) is 4.40. The number of sulfonamides is 1. The van der Waals surface area contributed by atoms with Gasteiger partial charge in [-0.25, -0.2) is 17.9 Å². The van der Waals surface area contributed by atoms with Gasteiger partial charge in [-0.2, -0.15) is 31.4 Å². The Hall–Kier alpha value is -4.85. The number of hydrogen-bond acceptors (Lipinski definition) is 4. The molecule has 1 aromatic heterocycles. The topological polar surface area (TPSA) is 86.0 Å². The number of para-hydroxylation sites is 1. The lowest BCUT2D eigenvalue weighted by molar-refractivity contribution is -0.143. The number of rotatable bonds is 10. The van der Waals surface area contributed by atoms with E-state index < -0.39 is 39.2 Å². The molecule has 0 radical (unpaired) electrons. The van der Waals surface area contributed by atoms with Crippen molar-refractivity contribution in [1.82, 2.24) is 14.3 Å². The molecule has 0 bridgehead atoms. The molecule has 0 fully saturated rings. The summed E-state index contributed by atoms with van der Waals surface area (Å²) in [6.45, 7) is -0.142. The Morgan fingerprint density at radius 3 is 1.85 bits per heavy atom. The van der Waals surface area contributed by atoms with Crippen molar-refractivity contribution in [1.29, 1.82) is 0 Å². The smallest absolute Gasteiger partial charge is 0.279 e. The maximum Gasteiger partial charge on any atom is 0.416 e. The molecule has 0 saturated heterocycles. The van der Waals surface area contributed by atoms with Crippen LogP contribution in [0.2, 0.25) is 0 Å². The van der Waals surface area contributed by atoms with Crippen LogP contribution in [0.15, 0.2) is 113 Å². The van der Waals surface area contributed by atoms with Crippen LogP contribution in [0.25, 0.3) is 0 Å². The van der Waals surface area contributed by atoms with E-state index in [0.29, 0.717) is 23.3 Å². The molecule has 0 atom stereocenters. The predicted molar refractivity (Wildman–Crippen MR) is 159 cm³/mol. The highest BCUT2D eigenvalue weighted by Gasteiger charge is 2.37. The maximum absolute atomic E-state index is 13.6. The summed E-state index contributed by atoms with van der Waals surface area (Å²) in [7, 11) is -3.97. The van der Waals surface area contributed by atoms with Crippen LogP contribution in [0.3, 0.4) is 0 Å². The van der Waals surface area contributed by atoms with Crippen molar-refractivity contribution in [2.24, 2.45) is 0 Å². The van der Waals surface area contributed by atoms with Gasteiger partial charge in [0, 0.05) is 6.42 Å². The molecule has 5 rings (SSSR count). The average molecular weight is 661 g/mol. The molecule has 1 heterocycles. The molecule has 14 heteroatoms. The number of anilines is 1. The van der Waals surface area contributed by atoms with Crippen molar-refractivity contribution >= 4 is 15.7 Å². The van der Waals surface area contributed by atoms with Crippen molar-refractivity contribution < 1.29 is 34.8 Å². The van der Waals surface area contributed by atoms with Gasteiger partial charge in [0.1, 0.15) is 5.82 Å². The highest BCUT2D eigenvalue weighted by molar-refractivity contribution is 7.92. The van der Waals surface area contributed by atoms with Gasteiger partial charge in [0.25, 0.3) is 10.0 Å². The molecular weight excluding hydrogens is 634 g/mol. The summed E-state index contributed by atoms with van der Waals surface area (Å²) in [6, 6.07) is 24.2. The number of halogens is 6. The highest BCUT2D eigenvalue weighted by atomic mass is 32.2. The molecule has 46 heavy (non-hydrogen) atoms. The zero-order valence-corrected chi connectivity index (χ0v) is 24.7. The summed E-state index contributed by atoms with van der Waals surface area (Å²) in [5.41, 5.74) is -2.39. The summed E-state index contributed by atoms with van der Waals surface area (Å²) in [6.07, 6.45) is -10.4. The van der Waals surface area contributed by atoms with E-state index in [-0.39, 0.29) is 54.0 Å². The average Bonchev–Trinajstić information content (AvgIpc) is 3.30. The third-order valence-corrected chi connectivity index (χ3v) is 8.48. The number of benzene rings is 4. The fraction of sp³-hybridized carbons (Fsp3) is 0.188. The third-order valence-electron chi connectivity index (χ3n) is 7.10. The first-order valence-corrected chi connectivity index (χ1v) is 15.3. The third kappa shape index (κ3) is 7.68. The van der Waals surface area contributed by atoms with Crippen LogP contribution in [0.1, 0.15) is 33.6 Å². The van der Waals surface area contributed by atoms with E-state index in [1.54, 1.807) is 66.7 Å². The van der Waals surface area contributed by atoms with Gasteiger partial charge < -0.3 is 0 Å². The summed E-state index contributed by atoms with van der Waals surface area (Å²) in [4.78, 5) is 13.7. The Balaban J connectivity index is 1.49. The standard InChI is InChI=1S/C32H26F6N4O3S/c33-31(34,35)25-17-23(18-26(19-25)32(36,37)38)15-16-29-39-42(30(43)41(29)20-22-9-3-1-4-10-22)21-24-11-7-8-14-28(24)40-46(44,45)27-12-5-2-6-13-27/h1-14,17-19,40H,15-16,20-21H2. The first kappa shape index (κ1) is 32.5. The molecule has 0 saturated carbocycles. The molecule has 0 aliphatic rings. The molecule has 5 aromatic rings. The number of aryl methyl sites for hydroxylation is 2. The largest absolute Gasteiger partial charge is 0.416 e. The molecule has 7 nitrogen and oxygen atoms in total. The van der Waals surface area contributed by atoms with Crippen molar-refractivity contribution in [2.45, 2.75) is 43.2 Å². The molecule has 4 aromatic carbocycles. The normalized spacial score (nSPS) is 12.3. The minimum Gasteiger partial charge on any atom is -0.279 e. The van der Waals surface area contributed by atoms with Crippen LogP contribution in [0.4, 0.5) is 32.0 Å². The first-order valence-electron chi connectivity index (χ1n) is 13.9. The lowest BCUT2D eigenvalue weighted by Crippen LogP contribution is -2.27. The van der Waals surface area contributed by atoms with E-state index in [0.717, 1.165) is 4.68 Å². The van der Waals surface area contributed by atoms with Gasteiger partial charge >= 0.3 is 18.0 Å². The van der Waals surface area contributed by atoms with E-state index in [1.807, 2.05) is 0 Å². The zero-order valence-electron chi connectivity index (χ0n) is 23.9. The molecule has 0 amide bonds. The van der Waals surface area contributed by atoms with Crippen molar-refractivity contribution in [3.05, 3.63) is 147 Å². The summed E-state index contributed by atoms with van der Waals surface area (Å²) < 4.78 is 111. The number of alkyl halides is 6. The predicted octanol–water partition coefficient (Wildman–Crippen LogP) is 6.77. The van der Waals surface area contributed by atoms with E-state index in [9.17, 15) is 39.6 Å². The van der Waals surface area contributed by atoms with Crippen LogP contribution < -0.4 is 10.4 Å². The van der Waals surface area contributed by atoms with Gasteiger partial charge in [0.05, 0.1) is 34.8 Å². The second kappa shape index (κ2) is 12.9. The van der Waals surface area contributed by atoms with Crippen LogP contribution in [-0.2, 0) is 48.3 Å². The lowest BCUT2D eigenvalue weighted by atomic mass is 10.0. The minimum atomic E-state index is -5.00. The quantitative estimate of drug-likeness (QED) is 0.168. The number of aromatic nitrogens is 3. The second-order valence-electron chi connectivity index (χ2n) is 10.4. The summed E-state index contributed by atoms with van der Waals surface area (Å²) >= 11 is 0. The molecule has 0 aliphatic carbocycles. The molecule has 240 valence electrons. The summed E-state index contributed by atoms with van der Waals surface area (Å²) in [5.74, 6) is 0.127. The monoisotopic (exact) mass is 660 g/mol. The van der Waals surface area contributed by atoms with Crippen LogP contribution in [-0.4, -0.2) is 22.8 Å².